The Bertz CT molecular complexity index is 909. The highest BCUT2D eigenvalue weighted by Crippen LogP contribution is 2.41. The number of nitro groups is 2. The largest absolute Gasteiger partial charge is 0.284 e. The van der Waals surface area contributed by atoms with Gasteiger partial charge in [-0.05, 0) is 11.1 Å². The Hall–Kier alpha value is -3.54. The van der Waals surface area contributed by atoms with E-state index in [1.807, 2.05) is 12.1 Å². The van der Waals surface area contributed by atoms with Crippen LogP contribution in [0.25, 0.3) is 22.3 Å². The molecule has 0 amide bonds. The van der Waals surface area contributed by atoms with E-state index in [2.05, 4.69) is 0 Å². The molecule has 0 aliphatic carbocycles. The minimum atomic E-state index is -0.617. The molecule has 3 aromatic carbocycles. The fourth-order valence-corrected chi connectivity index (χ4v) is 2.61. The normalized spacial score (nSPS) is 10.3. The number of nitrogens with zero attached hydrogens (tertiary/aromatic N) is 2. The summed E-state index contributed by atoms with van der Waals surface area (Å²) in [6.45, 7) is 0. The lowest BCUT2D eigenvalue weighted by molar-refractivity contribution is -0.393. The van der Waals surface area contributed by atoms with Gasteiger partial charge in [0.1, 0.15) is 0 Å². The van der Waals surface area contributed by atoms with Gasteiger partial charge in [0.25, 0.3) is 11.4 Å². The van der Waals surface area contributed by atoms with Crippen LogP contribution in [0.3, 0.4) is 0 Å². The molecule has 0 atom stereocenters. The molecule has 0 saturated heterocycles. The van der Waals surface area contributed by atoms with Gasteiger partial charge in [-0.2, -0.15) is 0 Å². The maximum absolute atomic E-state index is 11.5. The topological polar surface area (TPSA) is 86.3 Å². The molecule has 0 aromatic heterocycles. The molecule has 6 nitrogen and oxygen atoms in total. The predicted molar refractivity (Wildman–Crippen MR) is 90.6 cm³/mol. The molecule has 0 spiro atoms. The third kappa shape index (κ3) is 2.85. The first kappa shape index (κ1) is 15.4. The average Bonchev–Trinajstić information content (AvgIpc) is 2.62. The first-order chi connectivity index (χ1) is 11.6. The molecule has 0 saturated carbocycles. The van der Waals surface area contributed by atoms with Gasteiger partial charge in [0.2, 0.25) is 0 Å². The summed E-state index contributed by atoms with van der Waals surface area (Å²) in [5, 5.41) is 22.7. The Morgan fingerprint density at radius 1 is 0.667 bits per heavy atom. The first-order valence-corrected chi connectivity index (χ1v) is 7.15. The van der Waals surface area contributed by atoms with Crippen LogP contribution < -0.4 is 0 Å². The Morgan fingerprint density at radius 3 is 1.71 bits per heavy atom. The minimum absolute atomic E-state index is 0.283. The van der Waals surface area contributed by atoms with E-state index in [1.165, 1.54) is 6.07 Å². The summed E-state index contributed by atoms with van der Waals surface area (Å²) in [4.78, 5) is 21.5. The molecular formula is C18H12N2O4. The molecule has 0 N–H and O–H groups in total. The fourth-order valence-electron chi connectivity index (χ4n) is 2.61. The maximum Gasteiger partial charge on any atom is 0.284 e. The molecule has 3 aromatic rings. The number of nitro benzene ring substituents is 2. The lowest BCUT2D eigenvalue weighted by atomic mass is 9.92. The SMILES string of the molecule is O=[N+]([O-])c1cc(-c2ccccc2)c(-c2ccccc2)c([N+](=O)[O-])c1. The number of hydrogen-bond acceptors (Lipinski definition) is 4. The van der Waals surface area contributed by atoms with Crippen molar-refractivity contribution in [2.75, 3.05) is 0 Å². The van der Waals surface area contributed by atoms with Crippen molar-refractivity contribution in [3.05, 3.63) is 93.0 Å². The van der Waals surface area contributed by atoms with Crippen molar-refractivity contribution in [3.8, 4) is 22.3 Å². The van der Waals surface area contributed by atoms with E-state index < -0.39 is 9.85 Å². The molecule has 6 heteroatoms. The van der Waals surface area contributed by atoms with Crippen LogP contribution in [0, 0.1) is 20.2 Å². The molecule has 0 bridgehead atoms. The monoisotopic (exact) mass is 320 g/mol. The van der Waals surface area contributed by atoms with Gasteiger partial charge >= 0.3 is 0 Å². The van der Waals surface area contributed by atoms with Crippen LogP contribution in [0.5, 0.6) is 0 Å². The highest BCUT2D eigenvalue weighted by Gasteiger charge is 2.25. The van der Waals surface area contributed by atoms with Gasteiger partial charge in [-0.1, -0.05) is 60.7 Å². The Labute approximate surface area is 137 Å². The summed E-state index contributed by atoms with van der Waals surface area (Å²) in [5.74, 6) is 0. The summed E-state index contributed by atoms with van der Waals surface area (Å²) < 4.78 is 0. The number of non-ortho nitro benzene ring substituents is 1. The van der Waals surface area contributed by atoms with Gasteiger partial charge < -0.3 is 0 Å². The second kappa shape index (κ2) is 6.29. The van der Waals surface area contributed by atoms with E-state index in [-0.39, 0.29) is 11.4 Å². The van der Waals surface area contributed by atoms with Crippen LogP contribution in [-0.2, 0) is 0 Å². The third-order valence-corrected chi connectivity index (χ3v) is 3.66. The second-order valence-corrected chi connectivity index (χ2v) is 5.13. The Morgan fingerprint density at radius 2 is 1.21 bits per heavy atom. The molecule has 3 rings (SSSR count). The molecule has 0 heterocycles. The quantitative estimate of drug-likeness (QED) is 0.508. The van der Waals surface area contributed by atoms with Crippen LogP contribution in [0.4, 0.5) is 11.4 Å². The number of hydrogen-bond donors (Lipinski definition) is 0. The van der Waals surface area contributed by atoms with E-state index in [1.54, 1.807) is 48.5 Å². The number of rotatable bonds is 4. The molecule has 0 radical (unpaired) electrons. The lowest BCUT2D eigenvalue weighted by Gasteiger charge is -2.11. The van der Waals surface area contributed by atoms with E-state index in [0.717, 1.165) is 6.07 Å². The smallest absolute Gasteiger partial charge is 0.258 e. The van der Waals surface area contributed by atoms with Crippen LogP contribution in [0.1, 0.15) is 0 Å². The Balaban J connectivity index is 2.40. The van der Waals surface area contributed by atoms with Gasteiger partial charge in [-0.3, -0.25) is 20.2 Å². The molecule has 118 valence electrons. The summed E-state index contributed by atoms with van der Waals surface area (Å²) in [5.41, 5.74) is 1.57. The predicted octanol–water partition coefficient (Wildman–Crippen LogP) is 4.84. The van der Waals surface area contributed by atoms with Gasteiger partial charge in [0, 0.05) is 11.6 Å². The molecule has 24 heavy (non-hydrogen) atoms. The zero-order valence-corrected chi connectivity index (χ0v) is 12.5. The molecule has 0 unspecified atom stereocenters. The van der Waals surface area contributed by atoms with Crippen molar-refractivity contribution in [3.63, 3.8) is 0 Å². The van der Waals surface area contributed by atoms with Gasteiger partial charge in [-0.15, -0.1) is 0 Å². The maximum atomic E-state index is 11.5. The molecule has 0 aliphatic rings. The number of benzene rings is 3. The lowest BCUT2D eigenvalue weighted by Crippen LogP contribution is -1.98. The standard InChI is InChI=1S/C18H12N2O4/c21-19(22)15-11-16(13-7-3-1-4-8-13)18(17(12-15)20(23)24)14-9-5-2-6-10-14/h1-12H. The molecular weight excluding hydrogens is 308 g/mol. The van der Waals surface area contributed by atoms with Crippen LogP contribution in [0.15, 0.2) is 72.8 Å². The van der Waals surface area contributed by atoms with Crippen LogP contribution in [0.2, 0.25) is 0 Å². The summed E-state index contributed by atoms with van der Waals surface area (Å²) in [6.07, 6.45) is 0. The van der Waals surface area contributed by atoms with Crippen molar-refractivity contribution in [2.45, 2.75) is 0 Å². The Kier molecular flexibility index (Phi) is 4.03. The summed E-state index contributed by atoms with van der Waals surface area (Å²) in [7, 11) is 0. The fraction of sp³-hybridized carbons (Fsp3) is 0. The van der Waals surface area contributed by atoms with E-state index in [9.17, 15) is 20.2 Å². The first-order valence-electron chi connectivity index (χ1n) is 7.15. The van der Waals surface area contributed by atoms with Crippen molar-refractivity contribution in [1.82, 2.24) is 0 Å². The van der Waals surface area contributed by atoms with E-state index >= 15 is 0 Å². The van der Waals surface area contributed by atoms with Gasteiger partial charge in [0.15, 0.2) is 0 Å². The zero-order valence-electron chi connectivity index (χ0n) is 12.5. The summed E-state index contributed by atoms with van der Waals surface area (Å²) in [6, 6.07) is 20.2. The molecule has 0 aliphatic heterocycles. The zero-order chi connectivity index (χ0) is 17.1. The van der Waals surface area contributed by atoms with Crippen LogP contribution >= 0.6 is 0 Å². The minimum Gasteiger partial charge on any atom is -0.258 e. The van der Waals surface area contributed by atoms with E-state index in [0.29, 0.717) is 22.3 Å². The average molecular weight is 320 g/mol. The highest BCUT2D eigenvalue weighted by molar-refractivity contribution is 5.91. The van der Waals surface area contributed by atoms with Crippen molar-refractivity contribution in [1.29, 1.82) is 0 Å². The van der Waals surface area contributed by atoms with Crippen LogP contribution in [-0.4, -0.2) is 9.85 Å². The van der Waals surface area contributed by atoms with E-state index in [4.69, 9.17) is 0 Å². The van der Waals surface area contributed by atoms with Crippen molar-refractivity contribution in [2.24, 2.45) is 0 Å². The van der Waals surface area contributed by atoms with Crippen molar-refractivity contribution < 1.29 is 9.85 Å². The van der Waals surface area contributed by atoms with Gasteiger partial charge in [0.05, 0.1) is 21.5 Å². The third-order valence-electron chi connectivity index (χ3n) is 3.66. The van der Waals surface area contributed by atoms with Crippen molar-refractivity contribution >= 4 is 11.4 Å². The molecule has 0 fully saturated rings. The summed E-state index contributed by atoms with van der Waals surface area (Å²) >= 11 is 0. The second-order valence-electron chi connectivity index (χ2n) is 5.13. The highest BCUT2D eigenvalue weighted by atomic mass is 16.6. The van der Waals surface area contributed by atoms with Gasteiger partial charge in [-0.25, -0.2) is 0 Å².